The SMILES string of the molecule is C[C@@H](NS(=O)(=O)Cc1ccnc(CN2CC(=O)NC2=O)c1)c1ccc(F)c(OCC2CC2)c1. The van der Waals surface area contributed by atoms with E-state index in [1.54, 1.807) is 19.1 Å². The second-order valence-corrected chi connectivity index (χ2v) is 10.2. The summed E-state index contributed by atoms with van der Waals surface area (Å²) >= 11 is 0. The maximum Gasteiger partial charge on any atom is 0.324 e. The molecular formula is C22H25FN4O5S. The number of imide groups is 1. The van der Waals surface area contributed by atoms with Gasteiger partial charge in [0.15, 0.2) is 11.6 Å². The number of nitrogens with zero attached hydrogens (tertiary/aromatic N) is 2. The molecule has 3 amide bonds. The average molecular weight is 477 g/mol. The molecule has 11 heteroatoms. The highest BCUT2D eigenvalue weighted by Gasteiger charge is 2.27. The van der Waals surface area contributed by atoms with Crippen molar-refractivity contribution < 1.29 is 27.1 Å². The van der Waals surface area contributed by atoms with E-state index in [1.807, 2.05) is 0 Å². The predicted octanol–water partition coefficient (Wildman–Crippen LogP) is 2.24. The Morgan fingerprint density at radius 1 is 1.27 bits per heavy atom. The second-order valence-electron chi connectivity index (χ2n) is 8.41. The molecule has 1 aliphatic heterocycles. The van der Waals surface area contributed by atoms with Gasteiger partial charge >= 0.3 is 6.03 Å². The third-order valence-corrected chi connectivity index (χ3v) is 6.87. The maximum absolute atomic E-state index is 14.0. The number of rotatable bonds is 10. The fraction of sp³-hybridized carbons (Fsp3) is 0.409. The zero-order chi connectivity index (χ0) is 23.6. The van der Waals surface area contributed by atoms with E-state index in [1.165, 1.54) is 29.3 Å². The number of halogens is 1. The fourth-order valence-corrected chi connectivity index (χ4v) is 4.88. The van der Waals surface area contributed by atoms with E-state index in [2.05, 4.69) is 15.0 Å². The highest BCUT2D eigenvalue weighted by Crippen LogP contribution is 2.31. The van der Waals surface area contributed by atoms with Crippen molar-refractivity contribution >= 4 is 22.0 Å². The second kappa shape index (κ2) is 9.44. The molecule has 1 saturated heterocycles. The molecule has 0 bridgehead atoms. The van der Waals surface area contributed by atoms with Crippen molar-refractivity contribution in [3.63, 3.8) is 0 Å². The molecule has 9 nitrogen and oxygen atoms in total. The van der Waals surface area contributed by atoms with Crippen molar-refractivity contribution in [3.8, 4) is 5.75 Å². The molecule has 176 valence electrons. The quantitative estimate of drug-likeness (QED) is 0.508. The number of carbonyl (C=O) groups is 2. The van der Waals surface area contributed by atoms with Crippen LogP contribution in [0.3, 0.4) is 0 Å². The monoisotopic (exact) mass is 476 g/mol. The molecule has 33 heavy (non-hydrogen) atoms. The Kier molecular flexibility index (Phi) is 6.61. The summed E-state index contributed by atoms with van der Waals surface area (Å²) in [5, 5.41) is 2.18. The maximum atomic E-state index is 14.0. The van der Waals surface area contributed by atoms with Gasteiger partial charge in [0.25, 0.3) is 0 Å². The summed E-state index contributed by atoms with van der Waals surface area (Å²) in [6.45, 7) is 2.16. The lowest BCUT2D eigenvalue weighted by molar-refractivity contribution is -0.118. The number of aromatic nitrogens is 1. The van der Waals surface area contributed by atoms with Crippen LogP contribution in [0, 0.1) is 11.7 Å². The molecule has 1 aromatic heterocycles. The van der Waals surface area contributed by atoms with Crippen LogP contribution in [0.25, 0.3) is 0 Å². The molecule has 4 rings (SSSR count). The summed E-state index contributed by atoms with van der Waals surface area (Å²) in [6, 6.07) is 6.38. The Balaban J connectivity index is 1.39. The zero-order valence-electron chi connectivity index (χ0n) is 18.1. The third-order valence-electron chi connectivity index (χ3n) is 5.44. The molecule has 1 atom stereocenters. The van der Waals surface area contributed by atoms with Crippen LogP contribution in [-0.2, 0) is 27.1 Å². The van der Waals surface area contributed by atoms with Gasteiger partial charge < -0.3 is 9.64 Å². The molecule has 0 radical (unpaired) electrons. The van der Waals surface area contributed by atoms with Crippen LogP contribution in [0.2, 0.25) is 0 Å². The van der Waals surface area contributed by atoms with Crippen molar-refractivity contribution in [1.29, 1.82) is 0 Å². The van der Waals surface area contributed by atoms with Gasteiger partial charge in [-0.3, -0.25) is 15.1 Å². The first-order chi connectivity index (χ1) is 15.7. The van der Waals surface area contributed by atoms with Gasteiger partial charge in [-0.15, -0.1) is 0 Å². The molecule has 0 unspecified atom stereocenters. The van der Waals surface area contributed by atoms with E-state index in [4.69, 9.17) is 4.74 Å². The van der Waals surface area contributed by atoms with Crippen LogP contribution in [0.4, 0.5) is 9.18 Å². The molecular weight excluding hydrogens is 451 g/mol. The van der Waals surface area contributed by atoms with Crippen LogP contribution in [0.1, 0.15) is 42.6 Å². The van der Waals surface area contributed by atoms with Gasteiger partial charge in [0.05, 0.1) is 24.6 Å². The minimum absolute atomic E-state index is 0.0634. The third kappa shape index (κ3) is 6.26. The van der Waals surface area contributed by atoms with Gasteiger partial charge in [0, 0.05) is 12.2 Å². The highest BCUT2D eigenvalue weighted by atomic mass is 32.2. The van der Waals surface area contributed by atoms with Gasteiger partial charge in [-0.05, 0) is 61.1 Å². The van der Waals surface area contributed by atoms with E-state index < -0.39 is 27.9 Å². The number of ether oxygens (including phenoxy) is 1. The molecule has 1 aliphatic carbocycles. The minimum Gasteiger partial charge on any atom is -0.490 e. The van der Waals surface area contributed by atoms with Crippen LogP contribution in [-0.4, -0.2) is 43.4 Å². The molecule has 1 saturated carbocycles. The van der Waals surface area contributed by atoms with E-state index >= 15 is 0 Å². The largest absolute Gasteiger partial charge is 0.490 e. The van der Waals surface area contributed by atoms with Crippen LogP contribution in [0.5, 0.6) is 5.75 Å². The number of amides is 3. The summed E-state index contributed by atoms with van der Waals surface area (Å²) in [5.41, 5.74) is 1.54. The first kappa shape index (κ1) is 23.1. The number of carbonyl (C=O) groups excluding carboxylic acids is 2. The Morgan fingerprint density at radius 2 is 2.06 bits per heavy atom. The first-order valence-electron chi connectivity index (χ1n) is 10.6. The lowest BCUT2D eigenvalue weighted by Crippen LogP contribution is -2.29. The Labute approximate surface area is 191 Å². The lowest BCUT2D eigenvalue weighted by atomic mass is 10.1. The fourth-order valence-electron chi connectivity index (χ4n) is 3.50. The van der Waals surface area contributed by atoms with Crippen molar-refractivity contribution in [2.45, 2.75) is 38.1 Å². The molecule has 1 aromatic carbocycles. The minimum atomic E-state index is -3.74. The van der Waals surface area contributed by atoms with Crippen LogP contribution < -0.4 is 14.8 Å². The Bertz CT molecular complexity index is 1170. The van der Waals surface area contributed by atoms with E-state index in [-0.39, 0.29) is 30.5 Å². The average Bonchev–Trinajstić information content (AvgIpc) is 3.51. The van der Waals surface area contributed by atoms with Crippen molar-refractivity contribution in [2.75, 3.05) is 13.2 Å². The molecule has 2 fully saturated rings. The molecule has 2 aliphatic rings. The standard InChI is InChI=1S/C22H25FN4O5S/c1-14(17-4-5-19(23)20(9-17)32-12-15-2-3-15)26-33(30,31)13-16-6-7-24-18(8-16)10-27-11-21(28)25-22(27)29/h4-9,14-15,26H,2-3,10-13H2,1H3,(H,25,28,29)/t14-/m1/s1. The highest BCUT2D eigenvalue weighted by molar-refractivity contribution is 7.88. The first-order valence-corrected chi connectivity index (χ1v) is 12.3. The summed E-state index contributed by atoms with van der Waals surface area (Å²) in [5.74, 6) is -0.585. The van der Waals surface area contributed by atoms with Crippen molar-refractivity contribution in [1.82, 2.24) is 19.9 Å². The number of pyridine rings is 1. The number of sulfonamides is 1. The summed E-state index contributed by atoms with van der Waals surface area (Å²) in [6.07, 6.45) is 3.62. The van der Waals surface area contributed by atoms with Gasteiger partial charge in [0.1, 0.15) is 6.54 Å². The molecule has 2 N–H and O–H groups in total. The Morgan fingerprint density at radius 3 is 2.76 bits per heavy atom. The smallest absolute Gasteiger partial charge is 0.324 e. The van der Waals surface area contributed by atoms with Crippen LogP contribution in [0.15, 0.2) is 36.5 Å². The molecule has 2 heterocycles. The summed E-state index contributed by atoms with van der Waals surface area (Å²) in [4.78, 5) is 28.5. The Hall–Kier alpha value is -3.05. The lowest BCUT2D eigenvalue weighted by Gasteiger charge is -2.17. The van der Waals surface area contributed by atoms with Crippen molar-refractivity contribution in [3.05, 3.63) is 59.2 Å². The zero-order valence-corrected chi connectivity index (χ0v) is 18.9. The predicted molar refractivity (Wildman–Crippen MR) is 117 cm³/mol. The normalized spacial score (nSPS) is 17.2. The van der Waals surface area contributed by atoms with Gasteiger partial charge in [-0.1, -0.05) is 6.07 Å². The molecule has 2 aromatic rings. The van der Waals surface area contributed by atoms with Gasteiger partial charge in [-0.25, -0.2) is 22.3 Å². The van der Waals surface area contributed by atoms with E-state index in [0.717, 1.165) is 12.8 Å². The summed E-state index contributed by atoms with van der Waals surface area (Å²) < 4.78 is 47.7. The topological polar surface area (TPSA) is 118 Å². The summed E-state index contributed by atoms with van der Waals surface area (Å²) in [7, 11) is -3.74. The number of hydrogen-bond donors (Lipinski definition) is 2. The van der Waals surface area contributed by atoms with Crippen LogP contribution >= 0.6 is 0 Å². The van der Waals surface area contributed by atoms with Gasteiger partial charge in [-0.2, -0.15) is 0 Å². The van der Waals surface area contributed by atoms with Crippen molar-refractivity contribution in [2.24, 2.45) is 5.92 Å². The molecule has 0 spiro atoms. The van der Waals surface area contributed by atoms with E-state index in [0.29, 0.717) is 29.3 Å². The van der Waals surface area contributed by atoms with E-state index in [9.17, 15) is 22.4 Å². The number of urea groups is 1. The van der Waals surface area contributed by atoms with Gasteiger partial charge in [0.2, 0.25) is 15.9 Å². The number of hydrogen-bond acceptors (Lipinski definition) is 6. The number of benzene rings is 1. The number of nitrogens with one attached hydrogen (secondary N) is 2.